The molecule has 0 spiro atoms. The third-order valence-corrected chi connectivity index (χ3v) is 8.10. The van der Waals surface area contributed by atoms with Crippen LogP contribution in [-0.2, 0) is 16.0 Å². The van der Waals surface area contributed by atoms with E-state index in [0.29, 0.717) is 42.1 Å². The lowest BCUT2D eigenvalue weighted by atomic mass is 10.00. The van der Waals surface area contributed by atoms with Crippen molar-refractivity contribution in [1.29, 1.82) is 0 Å². The highest BCUT2D eigenvalue weighted by Crippen LogP contribution is 2.22. The highest BCUT2D eigenvalue weighted by molar-refractivity contribution is 7.10. The summed E-state index contributed by atoms with van der Waals surface area (Å²) < 4.78 is 5.95. The number of hydrogen-bond donors (Lipinski definition) is 2. The molecule has 0 saturated carbocycles. The zero-order valence-corrected chi connectivity index (χ0v) is 25.9. The minimum Gasteiger partial charge on any atom is -0.494 e. The molecule has 0 aliphatic rings. The summed E-state index contributed by atoms with van der Waals surface area (Å²) in [5.74, 6) is -0.652. The van der Waals surface area contributed by atoms with Crippen molar-refractivity contribution in [3.05, 3.63) is 154 Å². The van der Waals surface area contributed by atoms with Gasteiger partial charge in [-0.25, -0.2) is 4.79 Å². The number of thiophene rings is 1. The number of carbonyl (C=O) groups excluding carboxylic acids is 2. The first-order valence-corrected chi connectivity index (χ1v) is 15.8. The Morgan fingerprint density at radius 1 is 0.826 bits per heavy atom. The molecule has 4 aromatic carbocycles. The van der Waals surface area contributed by atoms with E-state index < -0.39 is 12.0 Å². The van der Waals surface area contributed by atoms with E-state index in [1.165, 1.54) is 0 Å². The smallest absolute Gasteiger partial charge is 0.326 e. The largest absolute Gasteiger partial charge is 0.494 e. The number of nitrogens with zero attached hydrogens (tertiary/aromatic N) is 1. The molecule has 1 amide bonds. The number of ketones is 1. The molecule has 1 unspecified atom stereocenters. The van der Waals surface area contributed by atoms with Gasteiger partial charge in [0.05, 0.1) is 6.61 Å². The van der Waals surface area contributed by atoms with Crippen LogP contribution in [0.1, 0.15) is 32.8 Å². The number of benzene rings is 4. The molecule has 1 atom stereocenters. The molecule has 5 rings (SSSR count). The van der Waals surface area contributed by atoms with Crippen molar-refractivity contribution >= 4 is 46.4 Å². The van der Waals surface area contributed by atoms with Crippen molar-refractivity contribution in [2.75, 3.05) is 23.4 Å². The van der Waals surface area contributed by atoms with Crippen molar-refractivity contribution < 1.29 is 24.2 Å². The number of amides is 1. The number of rotatable bonds is 15. The number of hydrogen-bond acceptors (Lipinski definition) is 6. The van der Waals surface area contributed by atoms with Crippen molar-refractivity contribution in [2.45, 2.75) is 18.9 Å². The third-order valence-electron chi connectivity index (χ3n) is 7.26. The molecule has 0 saturated heterocycles. The van der Waals surface area contributed by atoms with Gasteiger partial charge in [-0.05, 0) is 65.9 Å². The lowest BCUT2D eigenvalue weighted by Gasteiger charge is -2.21. The van der Waals surface area contributed by atoms with Gasteiger partial charge in [-0.15, -0.1) is 11.3 Å². The van der Waals surface area contributed by atoms with Gasteiger partial charge in [0, 0.05) is 46.4 Å². The number of carboxylic acid groups (broad SMARTS) is 1. The molecule has 0 fully saturated rings. The van der Waals surface area contributed by atoms with Crippen molar-refractivity contribution in [1.82, 2.24) is 0 Å². The Hall–Kier alpha value is -5.47. The summed E-state index contributed by atoms with van der Waals surface area (Å²) in [6.45, 7) is 0.881. The standard InChI is InChI=1S/C38H34N2O5S/c41-36(23-22-32-15-9-26-46-32)40(30-13-5-2-6-14-30)24-10-25-45-31-20-18-28(19-21-31)27-35(38(43)44)39-34-17-8-7-16-33(34)37(42)29-11-3-1-4-12-29/h1-9,11-23,26,35,39H,10,24-25,27H2,(H,43,44). The van der Waals surface area contributed by atoms with Crippen molar-refractivity contribution in [2.24, 2.45) is 0 Å². The Morgan fingerprint density at radius 2 is 1.52 bits per heavy atom. The summed E-state index contributed by atoms with van der Waals surface area (Å²) in [6.07, 6.45) is 4.24. The van der Waals surface area contributed by atoms with Crippen molar-refractivity contribution in [3.63, 3.8) is 0 Å². The Kier molecular flexibility index (Phi) is 11.1. The molecular formula is C38H34N2O5S. The minimum atomic E-state index is -1.02. The van der Waals surface area contributed by atoms with Crippen LogP contribution < -0.4 is 15.0 Å². The molecule has 232 valence electrons. The van der Waals surface area contributed by atoms with Gasteiger partial charge >= 0.3 is 5.97 Å². The maximum atomic E-state index is 13.1. The summed E-state index contributed by atoms with van der Waals surface area (Å²) in [5.41, 5.74) is 3.03. The van der Waals surface area contributed by atoms with E-state index in [1.807, 2.05) is 84.3 Å². The summed E-state index contributed by atoms with van der Waals surface area (Å²) in [6, 6.07) is 35.7. The molecule has 1 aromatic heterocycles. The second-order valence-corrected chi connectivity index (χ2v) is 11.5. The normalized spacial score (nSPS) is 11.6. The molecular weight excluding hydrogens is 596 g/mol. The highest BCUT2D eigenvalue weighted by atomic mass is 32.1. The topological polar surface area (TPSA) is 95.9 Å². The fraction of sp³-hybridized carbons (Fsp3) is 0.132. The van der Waals surface area contributed by atoms with E-state index in [2.05, 4.69) is 5.32 Å². The summed E-state index contributed by atoms with van der Waals surface area (Å²) >= 11 is 1.58. The van der Waals surface area contributed by atoms with E-state index in [1.54, 1.807) is 70.8 Å². The van der Waals surface area contributed by atoms with E-state index in [4.69, 9.17) is 4.74 Å². The van der Waals surface area contributed by atoms with E-state index in [0.717, 1.165) is 16.1 Å². The Bertz CT molecular complexity index is 1750. The first kappa shape index (κ1) is 31.9. The average Bonchev–Trinajstić information content (AvgIpc) is 3.62. The van der Waals surface area contributed by atoms with Crippen LogP contribution in [0.25, 0.3) is 6.08 Å². The number of nitrogens with one attached hydrogen (secondary N) is 1. The van der Waals surface area contributed by atoms with Crippen LogP contribution in [0.4, 0.5) is 11.4 Å². The van der Waals surface area contributed by atoms with Gasteiger partial charge in [0.25, 0.3) is 5.91 Å². The molecule has 46 heavy (non-hydrogen) atoms. The summed E-state index contributed by atoms with van der Waals surface area (Å²) in [7, 11) is 0. The zero-order chi connectivity index (χ0) is 32.1. The van der Waals surface area contributed by atoms with Crippen LogP contribution >= 0.6 is 11.3 Å². The predicted octanol–water partition coefficient (Wildman–Crippen LogP) is 7.60. The summed E-state index contributed by atoms with van der Waals surface area (Å²) in [4.78, 5) is 41.1. The van der Waals surface area contributed by atoms with Gasteiger partial charge in [0.1, 0.15) is 11.8 Å². The van der Waals surface area contributed by atoms with Crippen molar-refractivity contribution in [3.8, 4) is 5.75 Å². The van der Waals surface area contributed by atoms with E-state index in [-0.39, 0.29) is 18.1 Å². The number of ether oxygens (including phenoxy) is 1. The monoisotopic (exact) mass is 630 g/mol. The van der Waals surface area contributed by atoms with Crippen LogP contribution in [0.5, 0.6) is 5.75 Å². The fourth-order valence-corrected chi connectivity index (χ4v) is 5.53. The molecule has 0 aliphatic heterocycles. The van der Waals surface area contributed by atoms with Crippen LogP contribution in [0.15, 0.2) is 133 Å². The Morgan fingerprint density at radius 3 is 2.22 bits per heavy atom. The fourth-order valence-electron chi connectivity index (χ4n) is 4.91. The molecule has 0 bridgehead atoms. The first-order chi connectivity index (χ1) is 22.5. The molecule has 7 nitrogen and oxygen atoms in total. The number of anilines is 2. The van der Waals surface area contributed by atoms with Crippen LogP contribution in [0, 0.1) is 0 Å². The van der Waals surface area contributed by atoms with Crippen LogP contribution in [0.3, 0.4) is 0 Å². The SMILES string of the molecule is O=C(c1ccccc1)c1ccccc1NC(Cc1ccc(OCCCN(C(=O)C=Cc2cccs2)c2ccccc2)cc1)C(=O)O. The molecule has 5 aromatic rings. The minimum absolute atomic E-state index is 0.0994. The Labute approximate surface area is 272 Å². The van der Waals surface area contributed by atoms with Gasteiger partial charge in [0.2, 0.25) is 0 Å². The van der Waals surface area contributed by atoms with E-state index in [9.17, 15) is 19.5 Å². The van der Waals surface area contributed by atoms with Crippen LogP contribution in [-0.4, -0.2) is 42.0 Å². The van der Waals surface area contributed by atoms with Crippen LogP contribution in [0.2, 0.25) is 0 Å². The number of carbonyl (C=O) groups is 3. The summed E-state index contributed by atoms with van der Waals surface area (Å²) in [5, 5.41) is 15.0. The van der Waals surface area contributed by atoms with Gasteiger partial charge in [-0.3, -0.25) is 9.59 Å². The molecule has 2 N–H and O–H groups in total. The number of para-hydroxylation sites is 2. The lowest BCUT2D eigenvalue weighted by Crippen LogP contribution is -2.32. The number of aliphatic carboxylic acids is 1. The highest BCUT2D eigenvalue weighted by Gasteiger charge is 2.21. The Balaban J connectivity index is 1.16. The average molecular weight is 631 g/mol. The van der Waals surface area contributed by atoms with Gasteiger partial charge in [0.15, 0.2) is 5.78 Å². The second kappa shape index (κ2) is 16.0. The molecule has 1 heterocycles. The quantitative estimate of drug-likeness (QED) is 0.0703. The second-order valence-electron chi connectivity index (χ2n) is 10.5. The lowest BCUT2D eigenvalue weighted by molar-refractivity contribution is -0.137. The van der Waals surface area contributed by atoms with Gasteiger partial charge in [-0.1, -0.05) is 78.9 Å². The molecule has 8 heteroatoms. The maximum Gasteiger partial charge on any atom is 0.326 e. The third kappa shape index (κ3) is 8.80. The first-order valence-electron chi connectivity index (χ1n) is 15.0. The van der Waals surface area contributed by atoms with Gasteiger partial charge in [-0.2, -0.15) is 0 Å². The number of carboxylic acids is 1. The van der Waals surface area contributed by atoms with Gasteiger partial charge < -0.3 is 20.1 Å². The zero-order valence-electron chi connectivity index (χ0n) is 25.1. The predicted molar refractivity (Wildman–Crippen MR) is 184 cm³/mol. The van der Waals surface area contributed by atoms with E-state index >= 15 is 0 Å². The molecule has 0 radical (unpaired) electrons. The molecule has 0 aliphatic carbocycles. The maximum absolute atomic E-state index is 13.1.